The second kappa shape index (κ2) is 4.42. The Bertz CT molecular complexity index is 586. The molecular formula is C15H13NOS. The first-order valence-electron chi connectivity index (χ1n) is 5.81. The lowest BCUT2D eigenvalue weighted by Gasteiger charge is -2.31. The van der Waals surface area contributed by atoms with E-state index < -0.39 is 10.8 Å². The van der Waals surface area contributed by atoms with Gasteiger partial charge in [-0.2, -0.15) is 0 Å². The maximum absolute atomic E-state index is 12.5. The van der Waals surface area contributed by atoms with Crippen molar-refractivity contribution in [1.82, 2.24) is 0 Å². The topological polar surface area (TPSA) is 20.3 Å². The fourth-order valence-electron chi connectivity index (χ4n) is 2.25. The molecular weight excluding hydrogens is 242 g/mol. The van der Waals surface area contributed by atoms with Gasteiger partial charge in [-0.15, -0.1) is 6.58 Å². The fourth-order valence-corrected chi connectivity index (χ4v) is 3.63. The van der Waals surface area contributed by atoms with E-state index in [1.54, 1.807) is 0 Å². The summed E-state index contributed by atoms with van der Waals surface area (Å²) < 4.78 is 12.5. The van der Waals surface area contributed by atoms with Gasteiger partial charge in [0.15, 0.2) is 0 Å². The standard InChI is InChI=1S/C15H13NOS/c1-2-11-16-12-7-3-5-9-14(12)18(17)15-10-6-4-8-13(15)16/h2-10H,1,11H2. The molecule has 0 saturated heterocycles. The summed E-state index contributed by atoms with van der Waals surface area (Å²) >= 11 is 0. The number of para-hydroxylation sites is 2. The first kappa shape index (κ1) is 11.2. The largest absolute Gasteiger partial charge is 0.336 e. The zero-order valence-electron chi connectivity index (χ0n) is 9.87. The monoisotopic (exact) mass is 255 g/mol. The van der Waals surface area contributed by atoms with Crippen LogP contribution in [0.2, 0.25) is 0 Å². The molecule has 0 spiro atoms. The summed E-state index contributed by atoms with van der Waals surface area (Å²) in [6.45, 7) is 4.52. The van der Waals surface area contributed by atoms with E-state index in [2.05, 4.69) is 11.5 Å². The van der Waals surface area contributed by atoms with Gasteiger partial charge in [-0.25, -0.2) is 4.21 Å². The van der Waals surface area contributed by atoms with Crippen molar-refractivity contribution in [2.45, 2.75) is 9.79 Å². The lowest BCUT2D eigenvalue weighted by atomic mass is 10.2. The van der Waals surface area contributed by atoms with Gasteiger partial charge in [0.25, 0.3) is 0 Å². The summed E-state index contributed by atoms with van der Waals surface area (Å²) in [5, 5.41) is 0. The smallest absolute Gasteiger partial charge is 0.0892 e. The lowest BCUT2D eigenvalue weighted by Crippen LogP contribution is -2.23. The van der Waals surface area contributed by atoms with Gasteiger partial charge in [0.2, 0.25) is 0 Å². The Labute approximate surface area is 109 Å². The third-order valence-corrected chi connectivity index (χ3v) is 4.51. The van der Waals surface area contributed by atoms with Gasteiger partial charge >= 0.3 is 0 Å². The molecule has 0 fully saturated rings. The number of rotatable bonds is 2. The molecule has 18 heavy (non-hydrogen) atoms. The SMILES string of the molecule is C=CCN1c2ccccc2S(=O)c2ccccc21. The minimum absolute atomic E-state index is 0.714. The van der Waals surface area contributed by atoms with Gasteiger partial charge in [0.1, 0.15) is 0 Å². The highest BCUT2D eigenvalue weighted by Gasteiger charge is 2.26. The average molecular weight is 255 g/mol. The van der Waals surface area contributed by atoms with Crippen LogP contribution in [-0.4, -0.2) is 10.8 Å². The van der Waals surface area contributed by atoms with Crippen molar-refractivity contribution in [1.29, 1.82) is 0 Å². The van der Waals surface area contributed by atoms with Gasteiger partial charge in [-0.3, -0.25) is 0 Å². The van der Waals surface area contributed by atoms with Crippen molar-refractivity contribution < 1.29 is 4.21 Å². The van der Waals surface area contributed by atoms with Crippen LogP contribution in [0.15, 0.2) is 71.0 Å². The maximum atomic E-state index is 12.5. The van der Waals surface area contributed by atoms with Gasteiger partial charge in [0, 0.05) is 6.54 Å². The van der Waals surface area contributed by atoms with Crippen molar-refractivity contribution in [3.63, 3.8) is 0 Å². The first-order chi connectivity index (χ1) is 8.83. The van der Waals surface area contributed by atoms with Crippen LogP contribution in [0.5, 0.6) is 0 Å². The van der Waals surface area contributed by atoms with Crippen molar-refractivity contribution in [3.05, 3.63) is 61.2 Å². The van der Waals surface area contributed by atoms with Crippen molar-refractivity contribution in [2.24, 2.45) is 0 Å². The summed E-state index contributed by atoms with van der Waals surface area (Å²) in [6, 6.07) is 15.7. The zero-order chi connectivity index (χ0) is 12.5. The Balaban J connectivity index is 2.26. The van der Waals surface area contributed by atoms with Crippen LogP contribution in [0.25, 0.3) is 0 Å². The highest BCUT2D eigenvalue weighted by atomic mass is 32.2. The van der Waals surface area contributed by atoms with Crippen molar-refractivity contribution in [3.8, 4) is 0 Å². The molecule has 3 heteroatoms. The minimum Gasteiger partial charge on any atom is -0.336 e. The second-order valence-electron chi connectivity index (χ2n) is 4.10. The quantitative estimate of drug-likeness (QED) is 0.766. The Hall–Kier alpha value is -1.87. The molecule has 2 aromatic rings. The van der Waals surface area contributed by atoms with Crippen LogP contribution in [0.3, 0.4) is 0 Å². The van der Waals surface area contributed by atoms with Gasteiger partial charge in [-0.1, -0.05) is 30.3 Å². The lowest BCUT2D eigenvalue weighted by molar-refractivity contribution is 0.681. The van der Waals surface area contributed by atoms with Gasteiger partial charge in [-0.05, 0) is 24.3 Å². The number of benzene rings is 2. The molecule has 1 heterocycles. The number of fused-ring (bicyclic) bond motifs is 2. The Morgan fingerprint density at radius 3 is 2.00 bits per heavy atom. The molecule has 0 aliphatic carbocycles. The Morgan fingerprint density at radius 1 is 1.00 bits per heavy atom. The highest BCUT2D eigenvalue weighted by Crippen LogP contribution is 2.41. The van der Waals surface area contributed by atoms with Crippen molar-refractivity contribution in [2.75, 3.05) is 11.4 Å². The van der Waals surface area contributed by atoms with Gasteiger partial charge < -0.3 is 4.90 Å². The predicted octanol–water partition coefficient (Wildman–Crippen LogP) is 3.49. The maximum Gasteiger partial charge on any atom is 0.0892 e. The third-order valence-electron chi connectivity index (χ3n) is 3.02. The molecule has 0 atom stereocenters. The number of anilines is 2. The van der Waals surface area contributed by atoms with E-state index in [0.717, 1.165) is 21.2 Å². The normalized spacial score (nSPS) is 13.9. The van der Waals surface area contributed by atoms with Crippen LogP contribution in [0.1, 0.15) is 0 Å². The molecule has 0 bridgehead atoms. The number of hydrogen-bond acceptors (Lipinski definition) is 2. The molecule has 0 aromatic heterocycles. The Kier molecular flexibility index (Phi) is 2.76. The van der Waals surface area contributed by atoms with Gasteiger partial charge in [0.05, 0.1) is 32.0 Å². The van der Waals surface area contributed by atoms with E-state index in [9.17, 15) is 4.21 Å². The van der Waals surface area contributed by atoms with E-state index in [1.165, 1.54) is 0 Å². The number of nitrogens with zero attached hydrogens (tertiary/aromatic N) is 1. The van der Waals surface area contributed by atoms with Crippen LogP contribution in [-0.2, 0) is 10.8 Å². The molecule has 2 aromatic carbocycles. The second-order valence-corrected chi connectivity index (χ2v) is 5.52. The van der Waals surface area contributed by atoms with Crippen molar-refractivity contribution >= 4 is 22.2 Å². The molecule has 90 valence electrons. The van der Waals surface area contributed by atoms with Crippen LogP contribution < -0.4 is 4.90 Å². The average Bonchev–Trinajstić information content (AvgIpc) is 2.43. The van der Waals surface area contributed by atoms with E-state index in [4.69, 9.17) is 0 Å². The molecule has 0 radical (unpaired) electrons. The first-order valence-corrected chi connectivity index (χ1v) is 6.96. The molecule has 1 aliphatic heterocycles. The number of hydrogen-bond donors (Lipinski definition) is 0. The van der Waals surface area contributed by atoms with Crippen LogP contribution in [0, 0.1) is 0 Å². The summed E-state index contributed by atoms with van der Waals surface area (Å²) in [6.07, 6.45) is 1.86. The molecule has 0 saturated carbocycles. The van der Waals surface area contributed by atoms with E-state index in [1.807, 2.05) is 54.6 Å². The summed E-state index contributed by atoms with van der Waals surface area (Å²) in [4.78, 5) is 3.90. The summed E-state index contributed by atoms with van der Waals surface area (Å²) in [7, 11) is -1.09. The molecule has 0 unspecified atom stereocenters. The molecule has 0 amide bonds. The molecule has 2 nitrogen and oxygen atoms in total. The zero-order valence-corrected chi connectivity index (χ0v) is 10.7. The van der Waals surface area contributed by atoms with Crippen LogP contribution >= 0.6 is 0 Å². The predicted molar refractivity (Wildman–Crippen MR) is 74.8 cm³/mol. The third kappa shape index (κ3) is 1.59. The Morgan fingerprint density at radius 2 is 1.50 bits per heavy atom. The fraction of sp³-hybridized carbons (Fsp3) is 0.0667. The highest BCUT2D eigenvalue weighted by molar-refractivity contribution is 7.85. The van der Waals surface area contributed by atoms with E-state index in [0.29, 0.717) is 6.54 Å². The van der Waals surface area contributed by atoms with E-state index in [-0.39, 0.29) is 0 Å². The molecule has 0 N–H and O–H groups in total. The minimum atomic E-state index is -1.09. The van der Waals surface area contributed by atoms with Crippen LogP contribution in [0.4, 0.5) is 11.4 Å². The summed E-state index contributed by atoms with van der Waals surface area (Å²) in [5.41, 5.74) is 2.02. The molecule has 1 aliphatic rings. The summed E-state index contributed by atoms with van der Waals surface area (Å²) in [5.74, 6) is 0. The molecule has 3 rings (SSSR count). The van der Waals surface area contributed by atoms with E-state index >= 15 is 0 Å².